The number of sulfonamides is 1. The highest BCUT2D eigenvalue weighted by molar-refractivity contribution is 7.89. The Morgan fingerprint density at radius 1 is 1.13 bits per heavy atom. The number of thiophene rings is 1. The molecule has 1 amide bonds. The van der Waals surface area contributed by atoms with E-state index in [4.69, 9.17) is 5.26 Å². The number of nitrogens with one attached hydrogen (secondary N) is 1. The standard InChI is InChI=1S/C22H28N4O3S2/c1-15-13-16(2)18(4)21(17(15)3)31(28,29)26-10-8-25(9-11-26)7-5-20(27)24-22-19(14-23)6-12-30-22/h6,12-13H,5,7-11H2,1-4H3,(H,24,27). The summed E-state index contributed by atoms with van der Waals surface area (Å²) in [6, 6.07) is 5.77. The zero-order valence-corrected chi connectivity index (χ0v) is 20.0. The lowest BCUT2D eigenvalue weighted by Gasteiger charge is -2.34. The molecule has 1 fully saturated rings. The number of carbonyl (C=O) groups is 1. The van der Waals surface area contributed by atoms with Crippen molar-refractivity contribution in [1.29, 1.82) is 5.26 Å². The average molecular weight is 461 g/mol. The molecule has 0 unspecified atom stereocenters. The first kappa shape index (κ1) is 23.4. The number of rotatable bonds is 6. The van der Waals surface area contributed by atoms with E-state index < -0.39 is 10.0 Å². The number of nitrogens with zero attached hydrogens (tertiary/aromatic N) is 3. The summed E-state index contributed by atoms with van der Waals surface area (Å²) < 4.78 is 28.3. The maximum atomic E-state index is 13.4. The van der Waals surface area contributed by atoms with Crippen LogP contribution in [0.1, 0.15) is 34.2 Å². The molecular weight excluding hydrogens is 432 g/mol. The number of amides is 1. The van der Waals surface area contributed by atoms with Crippen molar-refractivity contribution in [1.82, 2.24) is 9.21 Å². The molecular formula is C22H28N4O3S2. The van der Waals surface area contributed by atoms with Crippen LogP contribution in [0.2, 0.25) is 0 Å². The lowest BCUT2D eigenvalue weighted by atomic mass is 10.0. The molecule has 0 atom stereocenters. The Balaban J connectivity index is 1.58. The fourth-order valence-corrected chi connectivity index (χ4v) is 6.58. The van der Waals surface area contributed by atoms with E-state index in [9.17, 15) is 13.2 Å². The summed E-state index contributed by atoms with van der Waals surface area (Å²) in [5.74, 6) is -0.143. The van der Waals surface area contributed by atoms with Gasteiger partial charge in [0.05, 0.1) is 10.5 Å². The molecule has 31 heavy (non-hydrogen) atoms. The topological polar surface area (TPSA) is 93.5 Å². The van der Waals surface area contributed by atoms with E-state index in [-0.39, 0.29) is 5.91 Å². The van der Waals surface area contributed by atoms with Gasteiger partial charge in [0.2, 0.25) is 15.9 Å². The summed E-state index contributed by atoms with van der Waals surface area (Å²) in [7, 11) is -3.57. The second-order valence-electron chi connectivity index (χ2n) is 7.91. The number of aryl methyl sites for hydroxylation is 2. The number of nitriles is 1. The van der Waals surface area contributed by atoms with E-state index >= 15 is 0 Å². The van der Waals surface area contributed by atoms with E-state index in [2.05, 4.69) is 16.3 Å². The maximum absolute atomic E-state index is 13.4. The van der Waals surface area contributed by atoms with Gasteiger partial charge >= 0.3 is 0 Å². The van der Waals surface area contributed by atoms with Crippen LogP contribution in [0.4, 0.5) is 5.00 Å². The third-order valence-electron chi connectivity index (χ3n) is 5.92. The summed E-state index contributed by atoms with van der Waals surface area (Å²) in [4.78, 5) is 14.8. The maximum Gasteiger partial charge on any atom is 0.243 e. The second-order valence-corrected chi connectivity index (χ2v) is 10.7. The molecule has 1 aromatic heterocycles. The van der Waals surface area contributed by atoms with Gasteiger partial charge in [0.1, 0.15) is 11.1 Å². The van der Waals surface area contributed by atoms with Crippen LogP contribution in [0.25, 0.3) is 0 Å². The number of benzene rings is 1. The normalized spacial score (nSPS) is 15.6. The van der Waals surface area contributed by atoms with E-state index in [1.165, 1.54) is 11.3 Å². The van der Waals surface area contributed by atoms with Crippen molar-refractivity contribution in [3.05, 3.63) is 45.3 Å². The van der Waals surface area contributed by atoms with Gasteiger partial charge in [-0.15, -0.1) is 11.3 Å². The molecule has 0 saturated carbocycles. The zero-order chi connectivity index (χ0) is 22.8. The highest BCUT2D eigenvalue weighted by Gasteiger charge is 2.31. The Morgan fingerprint density at radius 2 is 1.74 bits per heavy atom. The minimum absolute atomic E-state index is 0.143. The van der Waals surface area contributed by atoms with Gasteiger partial charge < -0.3 is 10.2 Å². The van der Waals surface area contributed by atoms with Gasteiger partial charge in [-0.1, -0.05) is 6.07 Å². The van der Waals surface area contributed by atoms with Crippen LogP contribution in [0.5, 0.6) is 0 Å². The van der Waals surface area contributed by atoms with Crippen LogP contribution in [0, 0.1) is 39.0 Å². The quantitative estimate of drug-likeness (QED) is 0.715. The minimum atomic E-state index is -3.57. The molecule has 0 bridgehead atoms. The van der Waals surface area contributed by atoms with Gasteiger partial charge in [-0.3, -0.25) is 4.79 Å². The molecule has 166 valence electrons. The van der Waals surface area contributed by atoms with Crippen molar-refractivity contribution >= 4 is 32.3 Å². The van der Waals surface area contributed by atoms with E-state index in [0.717, 1.165) is 22.3 Å². The van der Waals surface area contributed by atoms with Crippen molar-refractivity contribution in [2.75, 3.05) is 38.0 Å². The molecule has 3 rings (SSSR count). The molecule has 1 aliphatic heterocycles. The van der Waals surface area contributed by atoms with Crippen molar-refractivity contribution in [2.24, 2.45) is 0 Å². The molecule has 2 aromatic rings. The minimum Gasteiger partial charge on any atom is -0.317 e. The molecule has 1 saturated heterocycles. The van der Waals surface area contributed by atoms with Crippen molar-refractivity contribution in [3.8, 4) is 6.07 Å². The number of piperazine rings is 1. The molecule has 2 heterocycles. The van der Waals surface area contributed by atoms with Crippen LogP contribution in [-0.4, -0.2) is 56.3 Å². The predicted octanol–water partition coefficient (Wildman–Crippen LogP) is 3.19. The molecule has 1 aliphatic rings. The lowest BCUT2D eigenvalue weighted by molar-refractivity contribution is -0.116. The van der Waals surface area contributed by atoms with Crippen molar-refractivity contribution in [3.63, 3.8) is 0 Å². The van der Waals surface area contributed by atoms with Crippen LogP contribution < -0.4 is 5.32 Å². The average Bonchev–Trinajstić information content (AvgIpc) is 3.18. The summed E-state index contributed by atoms with van der Waals surface area (Å²) in [6.45, 7) is 10.1. The van der Waals surface area contributed by atoms with Crippen LogP contribution in [-0.2, 0) is 14.8 Å². The predicted molar refractivity (Wildman–Crippen MR) is 123 cm³/mol. The summed E-state index contributed by atoms with van der Waals surface area (Å²) in [5, 5.41) is 14.2. The van der Waals surface area contributed by atoms with Crippen molar-refractivity contribution < 1.29 is 13.2 Å². The third kappa shape index (κ3) is 4.99. The molecule has 0 radical (unpaired) electrons. The smallest absolute Gasteiger partial charge is 0.243 e. The Hall–Kier alpha value is -2.25. The van der Waals surface area contributed by atoms with Crippen molar-refractivity contribution in [2.45, 2.75) is 39.0 Å². The fourth-order valence-electron chi connectivity index (χ4n) is 3.83. The Labute approximate surface area is 188 Å². The van der Waals surface area contributed by atoms with Gasteiger partial charge in [0.25, 0.3) is 0 Å². The van der Waals surface area contributed by atoms with Gasteiger partial charge in [0.15, 0.2) is 0 Å². The van der Waals surface area contributed by atoms with Gasteiger partial charge in [-0.25, -0.2) is 8.42 Å². The monoisotopic (exact) mass is 460 g/mol. The van der Waals surface area contributed by atoms with Crippen LogP contribution in [0.3, 0.4) is 0 Å². The first-order valence-electron chi connectivity index (χ1n) is 10.2. The van der Waals surface area contributed by atoms with Crippen LogP contribution >= 0.6 is 11.3 Å². The Kier molecular flexibility index (Phi) is 7.17. The van der Waals surface area contributed by atoms with Gasteiger partial charge in [-0.2, -0.15) is 9.57 Å². The van der Waals surface area contributed by atoms with Gasteiger partial charge in [-0.05, 0) is 61.4 Å². The van der Waals surface area contributed by atoms with E-state index in [1.54, 1.807) is 15.8 Å². The zero-order valence-electron chi connectivity index (χ0n) is 18.4. The largest absolute Gasteiger partial charge is 0.317 e. The number of hydrogen-bond acceptors (Lipinski definition) is 6. The number of carbonyl (C=O) groups excluding carboxylic acids is 1. The second kappa shape index (κ2) is 9.49. The molecule has 7 nitrogen and oxygen atoms in total. The van der Waals surface area contributed by atoms with E-state index in [0.29, 0.717) is 54.6 Å². The molecule has 1 aromatic carbocycles. The Morgan fingerprint density at radius 3 is 2.32 bits per heavy atom. The number of hydrogen-bond donors (Lipinski definition) is 1. The SMILES string of the molecule is Cc1cc(C)c(C)c(S(=O)(=O)N2CCN(CCC(=O)Nc3sccc3C#N)CC2)c1C. The molecule has 0 aliphatic carbocycles. The van der Waals surface area contributed by atoms with Crippen LogP contribution in [0.15, 0.2) is 22.4 Å². The molecule has 1 N–H and O–H groups in total. The third-order valence-corrected chi connectivity index (χ3v) is 8.92. The fraction of sp³-hybridized carbons (Fsp3) is 0.455. The highest BCUT2D eigenvalue weighted by atomic mass is 32.2. The summed E-state index contributed by atoms with van der Waals surface area (Å²) in [6.07, 6.45) is 0.296. The summed E-state index contributed by atoms with van der Waals surface area (Å²) in [5.41, 5.74) is 4.06. The van der Waals surface area contributed by atoms with E-state index in [1.807, 2.05) is 33.8 Å². The lowest BCUT2D eigenvalue weighted by Crippen LogP contribution is -2.49. The highest BCUT2D eigenvalue weighted by Crippen LogP contribution is 2.29. The Bertz CT molecular complexity index is 1100. The van der Waals surface area contributed by atoms with Gasteiger partial charge in [0, 0.05) is 39.1 Å². The first-order chi connectivity index (χ1) is 14.6. The molecule has 0 spiro atoms. The first-order valence-corrected chi connectivity index (χ1v) is 12.5. The molecule has 9 heteroatoms. The number of anilines is 1. The summed E-state index contributed by atoms with van der Waals surface area (Å²) >= 11 is 1.33.